The number of hydrogen-bond acceptors (Lipinski definition) is 4. The van der Waals surface area contributed by atoms with E-state index in [1.54, 1.807) is 12.0 Å². The Kier molecular flexibility index (Phi) is 8.62. The second kappa shape index (κ2) is 12.3. The minimum absolute atomic E-state index is 0.118. The first-order valence-electron chi connectivity index (χ1n) is 14.8. The largest absolute Gasteiger partial charge is 0.496 e. The first-order valence-corrected chi connectivity index (χ1v) is 14.8. The number of carbonyl (C=O) groups excluding carboxylic acids is 2. The summed E-state index contributed by atoms with van der Waals surface area (Å²) in [6.45, 7) is 4.20. The lowest BCUT2D eigenvalue weighted by atomic mass is 9.67. The summed E-state index contributed by atoms with van der Waals surface area (Å²) in [5.41, 5.74) is 2.34. The van der Waals surface area contributed by atoms with Crippen LogP contribution in [0.3, 0.4) is 0 Å². The van der Waals surface area contributed by atoms with E-state index in [2.05, 4.69) is 22.5 Å². The van der Waals surface area contributed by atoms with E-state index in [9.17, 15) is 9.59 Å². The highest BCUT2D eigenvalue weighted by atomic mass is 16.5. The van der Waals surface area contributed by atoms with Crippen molar-refractivity contribution in [3.63, 3.8) is 0 Å². The van der Waals surface area contributed by atoms with Crippen molar-refractivity contribution in [3.8, 4) is 5.75 Å². The summed E-state index contributed by atoms with van der Waals surface area (Å²) >= 11 is 0. The first-order chi connectivity index (χ1) is 19.4. The lowest BCUT2D eigenvalue weighted by Crippen LogP contribution is -2.58. The smallest absolute Gasteiger partial charge is 0.315 e. The van der Waals surface area contributed by atoms with Gasteiger partial charge in [-0.25, -0.2) is 4.79 Å². The van der Waals surface area contributed by atoms with Crippen LogP contribution in [0.1, 0.15) is 75.0 Å². The molecule has 3 fully saturated rings. The fourth-order valence-electron chi connectivity index (χ4n) is 6.91. The van der Waals surface area contributed by atoms with Crippen LogP contribution in [0, 0.1) is 17.2 Å². The van der Waals surface area contributed by atoms with Gasteiger partial charge < -0.3 is 20.3 Å². The number of piperidine rings is 1. The summed E-state index contributed by atoms with van der Waals surface area (Å²) in [5.74, 6) is 2.45. The fourth-order valence-corrected chi connectivity index (χ4v) is 6.91. The number of fused-ring (bicyclic) bond motifs is 2. The number of amides is 3. The number of carbonyl (C=O) groups is 2. The van der Waals surface area contributed by atoms with Crippen molar-refractivity contribution >= 4 is 17.9 Å². The van der Waals surface area contributed by atoms with Crippen LogP contribution >= 0.6 is 0 Å². The maximum absolute atomic E-state index is 14.0. The summed E-state index contributed by atoms with van der Waals surface area (Å²) in [5, 5.41) is 14.8. The topological polar surface area (TPSA) is 97.8 Å². The van der Waals surface area contributed by atoms with Crippen LogP contribution in [0.2, 0.25) is 0 Å². The molecule has 8 nitrogen and oxygen atoms in total. The molecule has 2 aliphatic heterocycles. The maximum atomic E-state index is 14.0. The van der Waals surface area contributed by atoms with Crippen LogP contribution < -0.4 is 15.4 Å². The molecule has 3 N–H and O–H groups in total. The SMILES string of the molecule is CCCCC12CC3CCCCC3CN1C(=N)N(Cc1ccc(CNC(=O)NCc3ccccc3OC)cc1)C2=O. The number of guanidine groups is 1. The molecule has 2 saturated heterocycles. The van der Waals surface area contributed by atoms with Gasteiger partial charge in [-0.05, 0) is 48.3 Å². The van der Waals surface area contributed by atoms with E-state index < -0.39 is 5.54 Å². The summed E-state index contributed by atoms with van der Waals surface area (Å²) in [6.07, 6.45) is 8.79. The fraction of sp³-hybridized carbons (Fsp3) is 0.531. The van der Waals surface area contributed by atoms with Gasteiger partial charge in [-0.1, -0.05) is 81.5 Å². The average Bonchev–Trinajstić information content (AvgIpc) is 3.18. The molecule has 0 bridgehead atoms. The molecule has 3 amide bonds. The molecule has 0 spiro atoms. The van der Waals surface area contributed by atoms with Crippen LogP contribution in [0.5, 0.6) is 5.75 Å². The van der Waals surface area contributed by atoms with Gasteiger partial charge in [-0.15, -0.1) is 0 Å². The van der Waals surface area contributed by atoms with Gasteiger partial charge in [0.25, 0.3) is 5.91 Å². The number of unbranched alkanes of at least 4 members (excludes halogenated alkanes) is 1. The Balaban J connectivity index is 1.18. The molecule has 8 heteroatoms. The molecule has 2 heterocycles. The highest BCUT2D eigenvalue weighted by molar-refractivity contribution is 6.08. The van der Waals surface area contributed by atoms with Crippen LogP contribution in [0.25, 0.3) is 0 Å². The number of nitrogens with zero attached hydrogens (tertiary/aromatic N) is 2. The van der Waals surface area contributed by atoms with Gasteiger partial charge in [0.2, 0.25) is 5.96 Å². The van der Waals surface area contributed by atoms with E-state index in [-0.39, 0.29) is 11.9 Å². The monoisotopic (exact) mass is 545 g/mol. The van der Waals surface area contributed by atoms with E-state index >= 15 is 0 Å². The highest BCUT2D eigenvalue weighted by Gasteiger charge is 2.59. The number of benzene rings is 2. The maximum Gasteiger partial charge on any atom is 0.315 e. The van der Waals surface area contributed by atoms with E-state index in [0.29, 0.717) is 37.4 Å². The molecule has 2 aromatic rings. The summed E-state index contributed by atoms with van der Waals surface area (Å²) < 4.78 is 5.34. The number of methoxy groups -OCH3 is 1. The lowest BCUT2D eigenvalue weighted by molar-refractivity contribution is -0.137. The van der Waals surface area contributed by atoms with Crippen LogP contribution in [0.15, 0.2) is 48.5 Å². The lowest BCUT2D eigenvalue weighted by Gasteiger charge is -2.49. The molecule has 214 valence electrons. The number of rotatable bonds is 10. The molecule has 0 aromatic heterocycles. The molecule has 40 heavy (non-hydrogen) atoms. The van der Waals surface area contributed by atoms with Gasteiger partial charge in [0.15, 0.2) is 0 Å². The van der Waals surface area contributed by atoms with Crippen molar-refractivity contribution < 1.29 is 14.3 Å². The van der Waals surface area contributed by atoms with Gasteiger partial charge in [0, 0.05) is 25.2 Å². The molecule has 1 saturated carbocycles. The average molecular weight is 546 g/mol. The van der Waals surface area contributed by atoms with Crippen molar-refractivity contribution in [2.24, 2.45) is 11.8 Å². The molecular weight excluding hydrogens is 502 g/mol. The number of hydrogen-bond donors (Lipinski definition) is 3. The summed E-state index contributed by atoms with van der Waals surface area (Å²) in [6, 6.07) is 15.3. The van der Waals surface area contributed by atoms with Gasteiger partial charge >= 0.3 is 6.03 Å². The molecule has 3 aliphatic rings. The Hall–Kier alpha value is -3.55. The zero-order chi connectivity index (χ0) is 28.1. The van der Waals surface area contributed by atoms with Crippen molar-refractivity contribution in [2.45, 2.75) is 83.5 Å². The third-order valence-corrected chi connectivity index (χ3v) is 9.15. The molecular formula is C32H43N5O3. The minimum atomic E-state index is -0.535. The predicted octanol–water partition coefficient (Wildman–Crippen LogP) is 5.41. The molecule has 3 unspecified atom stereocenters. The summed E-state index contributed by atoms with van der Waals surface area (Å²) in [4.78, 5) is 30.2. The van der Waals surface area contributed by atoms with Crippen molar-refractivity contribution in [3.05, 3.63) is 65.2 Å². The first kappa shape index (κ1) is 28.0. The molecule has 3 atom stereocenters. The quantitative estimate of drug-likeness (QED) is 0.372. The number of urea groups is 1. The Morgan fingerprint density at radius 3 is 2.48 bits per heavy atom. The van der Waals surface area contributed by atoms with Gasteiger partial charge in [-0.3, -0.25) is 15.1 Å². The Morgan fingerprint density at radius 1 is 1.02 bits per heavy atom. The van der Waals surface area contributed by atoms with E-state index in [1.165, 1.54) is 25.7 Å². The van der Waals surface area contributed by atoms with Crippen LogP contribution in [0.4, 0.5) is 4.79 Å². The third-order valence-electron chi connectivity index (χ3n) is 9.15. The van der Waals surface area contributed by atoms with Gasteiger partial charge in [-0.2, -0.15) is 0 Å². The standard InChI is InChI=1S/C32H43N5O3/c1-3-4-17-32-18-25-9-5-6-11-27(25)22-37(32)30(33)36(29(32)38)21-24-15-13-23(14-16-24)19-34-31(39)35-20-26-10-7-8-12-28(26)40-2/h7-8,10,12-16,25,27,33H,3-6,9,11,17-22H2,1-2H3,(H2,34,35,39). The molecule has 2 aromatic carbocycles. The van der Waals surface area contributed by atoms with Crippen molar-refractivity contribution in [1.29, 1.82) is 5.41 Å². The van der Waals surface area contributed by atoms with Gasteiger partial charge in [0.05, 0.1) is 13.7 Å². The minimum Gasteiger partial charge on any atom is -0.496 e. The highest BCUT2D eigenvalue weighted by Crippen LogP contribution is 2.48. The Labute approximate surface area is 238 Å². The van der Waals surface area contributed by atoms with Gasteiger partial charge in [0.1, 0.15) is 11.3 Å². The summed E-state index contributed by atoms with van der Waals surface area (Å²) in [7, 11) is 1.62. The van der Waals surface area contributed by atoms with Crippen molar-refractivity contribution in [2.75, 3.05) is 13.7 Å². The van der Waals surface area contributed by atoms with E-state index in [4.69, 9.17) is 10.1 Å². The molecule has 5 rings (SSSR count). The zero-order valence-corrected chi connectivity index (χ0v) is 23.9. The number of ether oxygens (including phenoxy) is 1. The molecule has 1 aliphatic carbocycles. The van der Waals surface area contributed by atoms with Crippen LogP contribution in [-0.2, 0) is 24.4 Å². The van der Waals surface area contributed by atoms with Crippen LogP contribution in [-0.4, -0.2) is 46.9 Å². The molecule has 0 radical (unpaired) electrons. The predicted molar refractivity (Wildman–Crippen MR) is 156 cm³/mol. The second-order valence-corrected chi connectivity index (χ2v) is 11.6. The Bertz CT molecular complexity index is 1220. The third kappa shape index (κ3) is 5.67. The van der Waals surface area contributed by atoms with E-state index in [1.807, 2.05) is 48.5 Å². The zero-order valence-electron chi connectivity index (χ0n) is 23.9. The normalized spacial score (nSPS) is 23.9. The van der Waals surface area contributed by atoms with Crippen molar-refractivity contribution in [1.82, 2.24) is 20.4 Å². The van der Waals surface area contributed by atoms with E-state index in [0.717, 1.165) is 54.7 Å². The number of nitrogens with one attached hydrogen (secondary N) is 3. The number of para-hydroxylation sites is 1. The Morgan fingerprint density at radius 2 is 1.73 bits per heavy atom. The second-order valence-electron chi connectivity index (χ2n) is 11.6.